The van der Waals surface area contributed by atoms with Crippen molar-refractivity contribution in [3.8, 4) is 5.75 Å². The van der Waals surface area contributed by atoms with Gasteiger partial charge in [-0.1, -0.05) is 127 Å². The van der Waals surface area contributed by atoms with Gasteiger partial charge in [0.05, 0.1) is 44.6 Å². The normalized spacial score (nSPS) is 20.1. The molecule has 51 heavy (non-hydrogen) atoms. The van der Waals surface area contributed by atoms with Crippen LogP contribution in [-0.4, -0.2) is 47.3 Å². The molecule has 1 heterocycles. The molecule has 2 unspecified atom stereocenters. The molecule has 5 aromatic rings. The van der Waals surface area contributed by atoms with Crippen molar-refractivity contribution in [2.45, 2.75) is 63.7 Å². The van der Waals surface area contributed by atoms with Gasteiger partial charge in [-0.25, -0.2) is 0 Å². The molecule has 0 aliphatic carbocycles. The van der Waals surface area contributed by atoms with Crippen molar-refractivity contribution in [2.24, 2.45) is 0 Å². The van der Waals surface area contributed by atoms with Crippen molar-refractivity contribution in [2.75, 3.05) is 6.61 Å². The number of hydrogen-bond acceptors (Lipinski definition) is 9. The topological polar surface area (TPSA) is 119 Å². The van der Waals surface area contributed by atoms with Gasteiger partial charge in [0.25, 0.3) is 0 Å². The highest BCUT2D eigenvalue weighted by molar-refractivity contribution is 5.48. The molecule has 1 fully saturated rings. The van der Waals surface area contributed by atoms with E-state index in [0.29, 0.717) is 12.2 Å². The van der Waals surface area contributed by atoms with Crippen LogP contribution >= 0.6 is 0 Å². The van der Waals surface area contributed by atoms with E-state index in [0.717, 1.165) is 22.3 Å². The number of hydrogen-bond donors (Lipinski definition) is 1. The number of aliphatic hydroxyl groups is 1. The van der Waals surface area contributed by atoms with E-state index >= 15 is 0 Å². The summed E-state index contributed by atoms with van der Waals surface area (Å²) >= 11 is 0. The number of rotatable bonds is 17. The lowest BCUT2D eigenvalue weighted by Crippen LogP contribution is -2.62. The van der Waals surface area contributed by atoms with Crippen LogP contribution in [0, 0.1) is 10.1 Å². The number of nitro benzene ring substituents is 1. The van der Waals surface area contributed by atoms with E-state index in [1.54, 1.807) is 6.07 Å². The van der Waals surface area contributed by atoms with Gasteiger partial charge in [0, 0.05) is 6.07 Å². The molecule has 5 aromatic carbocycles. The summed E-state index contributed by atoms with van der Waals surface area (Å²) in [5.41, 5.74) is 3.86. The first kappa shape index (κ1) is 35.9. The summed E-state index contributed by atoms with van der Waals surface area (Å²) in [6, 6.07) is 43.3. The van der Waals surface area contributed by atoms with E-state index in [9.17, 15) is 15.2 Å². The second-order valence-electron chi connectivity index (χ2n) is 12.2. The maximum absolute atomic E-state index is 12.2. The molecule has 10 nitrogen and oxygen atoms in total. The molecule has 0 saturated carbocycles. The third-order valence-electron chi connectivity index (χ3n) is 8.49. The summed E-state index contributed by atoms with van der Waals surface area (Å²) in [4.78, 5) is 11.6. The van der Waals surface area contributed by atoms with Crippen molar-refractivity contribution in [3.05, 3.63) is 177 Å². The Kier molecular flexibility index (Phi) is 12.9. The van der Waals surface area contributed by atoms with E-state index in [1.807, 2.05) is 121 Å². The zero-order valence-corrected chi connectivity index (χ0v) is 28.1. The Balaban J connectivity index is 1.36. The van der Waals surface area contributed by atoms with E-state index in [4.69, 9.17) is 28.4 Å². The quantitative estimate of drug-likeness (QED) is 0.0800. The summed E-state index contributed by atoms with van der Waals surface area (Å²) in [5, 5.41) is 21.8. The number of nitro groups is 1. The summed E-state index contributed by atoms with van der Waals surface area (Å²) < 4.78 is 39.2. The van der Waals surface area contributed by atoms with Crippen LogP contribution in [-0.2, 0) is 56.7 Å². The standard InChI is InChI=1S/C41H41NO9/c43-24-34-21-22-36(35(23-34)42(44)45)50-41-40(49-28-33-19-11-4-12-20-33)39(48-27-32-17-9-3-10-18-32)38(47-26-31-15-7-2-8-16-31)37(51-41)29-46-25-30-13-5-1-6-14-30/h1-23,37-41,43H,24-29H2/t37?,38-,39?,40+,41+/m0/s1. The fourth-order valence-electron chi connectivity index (χ4n) is 5.87. The van der Waals surface area contributed by atoms with Crippen molar-refractivity contribution in [1.82, 2.24) is 0 Å². The molecule has 264 valence electrons. The van der Waals surface area contributed by atoms with Crippen molar-refractivity contribution in [1.29, 1.82) is 0 Å². The monoisotopic (exact) mass is 691 g/mol. The molecule has 5 atom stereocenters. The molecule has 1 saturated heterocycles. The highest BCUT2D eigenvalue weighted by Gasteiger charge is 2.50. The van der Waals surface area contributed by atoms with E-state index in [1.165, 1.54) is 12.1 Å². The molecular formula is C41H41NO9. The van der Waals surface area contributed by atoms with Crippen LogP contribution in [0.3, 0.4) is 0 Å². The fraction of sp³-hybridized carbons (Fsp3) is 0.268. The molecule has 0 aromatic heterocycles. The van der Waals surface area contributed by atoms with Crippen LogP contribution in [0.2, 0.25) is 0 Å². The fourth-order valence-corrected chi connectivity index (χ4v) is 5.87. The van der Waals surface area contributed by atoms with Crippen molar-refractivity contribution in [3.63, 3.8) is 0 Å². The molecule has 1 aliphatic rings. The zero-order chi connectivity index (χ0) is 35.3. The summed E-state index contributed by atoms with van der Waals surface area (Å²) in [6.07, 6.45) is -4.27. The Morgan fingerprint density at radius 2 is 1.06 bits per heavy atom. The first-order valence-electron chi connectivity index (χ1n) is 16.9. The van der Waals surface area contributed by atoms with E-state index in [-0.39, 0.29) is 44.5 Å². The van der Waals surface area contributed by atoms with Crippen molar-refractivity contribution < 1.29 is 38.5 Å². The zero-order valence-electron chi connectivity index (χ0n) is 28.1. The first-order valence-corrected chi connectivity index (χ1v) is 16.9. The lowest BCUT2D eigenvalue weighted by atomic mass is 9.97. The van der Waals surface area contributed by atoms with Crippen molar-refractivity contribution >= 4 is 5.69 Å². The molecule has 0 bridgehead atoms. The van der Waals surface area contributed by atoms with Crippen LogP contribution in [0.25, 0.3) is 0 Å². The van der Waals surface area contributed by atoms with Gasteiger partial charge in [0.2, 0.25) is 6.29 Å². The van der Waals surface area contributed by atoms with Crippen LogP contribution in [0.5, 0.6) is 5.75 Å². The summed E-state index contributed by atoms with van der Waals surface area (Å²) in [5.74, 6) is -0.0371. The minimum Gasteiger partial charge on any atom is -0.455 e. The largest absolute Gasteiger partial charge is 0.455 e. The number of ether oxygens (including phenoxy) is 6. The van der Waals surface area contributed by atoms with E-state index < -0.39 is 35.6 Å². The van der Waals surface area contributed by atoms with Gasteiger partial charge in [-0.2, -0.15) is 0 Å². The lowest BCUT2D eigenvalue weighted by molar-refractivity contribution is -0.387. The second kappa shape index (κ2) is 18.3. The SMILES string of the molecule is O=[N+]([O-])c1cc(CO)ccc1O[C@@H]1OC(COCc2ccccc2)[C@H](OCc2ccccc2)C(OCc2ccccc2)[C@H]1OCc1ccccc1. The smallest absolute Gasteiger partial charge is 0.311 e. The van der Waals surface area contributed by atoms with Gasteiger partial charge in [-0.3, -0.25) is 10.1 Å². The average molecular weight is 692 g/mol. The molecule has 6 rings (SSSR count). The number of aliphatic hydroxyl groups excluding tert-OH is 1. The first-order chi connectivity index (χ1) is 25.1. The molecule has 0 spiro atoms. The molecule has 1 N–H and O–H groups in total. The Hall–Kier alpha value is -4.94. The predicted octanol–water partition coefficient (Wildman–Crippen LogP) is 7.16. The summed E-state index contributed by atoms with van der Waals surface area (Å²) in [6.45, 7) is 0.760. The van der Waals surface area contributed by atoms with Gasteiger partial charge >= 0.3 is 5.69 Å². The van der Waals surface area contributed by atoms with E-state index in [2.05, 4.69) is 0 Å². The van der Waals surface area contributed by atoms with Crippen LogP contribution in [0.4, 0.5) is 5.69 Å². The molecule has 0 radical (unpaired) electrons. The van der Waals surface area contributed by atoms with Gasteiger partial charge in [0.1, 0.15) is 24.4 Å². The predicted molar refractivity (Wildman–Crippen MR) is 189 cm³/mol. The Morgan fingerprint density at radius 3 is 1.55 bits per heavy atom. The second-order valence-corrected chi connectivity index (χ2v) is 12.2. The number of benzene rings is 5. The Labute approximate surface area is 297 Å². The molecular weight excluding hydrogens is 650 g/mol. The maximum atomic E-state index is 12.2. The number of nitrogens with zero attached hydrogens (tertiary/aromatic N) is 1. The maximum Gasteiger partial charge on any atom is 0.311 e. The summed E-state index contributed by atoms with van der Waals surface area (Å²) in [7, 11) is 0. The minimum absolute atomic E-state index is 0.0371. The van der Waals surface area contributed by atoms with Gasteiger partial charge < -0.3 is 33.5 Å². The van der Waals surface area contributed by atoms with Gasteiger partial charge in [-0.05, 0) is 33.9 Å². The minimum atomic E-state index is -1.17. The van der Waals surface area contributed by atoms with Crippen LogP contribution < -0.4 is 4.74 Å². The lowest BCUT2D eigenvalue weighted by Gasteiger charge is -2.45. The average Bonchev–Trinajstić information content (AvgIpc) is 3.18. The van der Waals surface area contributed by atoms with Crippen LogP contribution in [0.15, 0.2) is 140 Å². The van der Waals surface area contributed by atoms with Gasteiger partial charge in [0.15, 0.2) is 5.75 Å². The Bertz CT molecular complexity index is 1780. The van der Waals surface area contributed by atoms with Gasteiger partial charge in [-0.15, -0.1) is 0 Å². The highest BCUT2D eigenvalue weighted by Crippen LogP contribution is 2.35. The van der Waals surface area contributed by atoms with Crippen LogP contribution in [0.1, 0.15) is 27.8 Å². The third kappa shape index (κ3) is 10.1. The molecule has 1 aliphatic heterocycles. The third-order valence-corrected chi connectivity index (χ3v) is 8.49. The molecule has 0 amide bonds. The highest BCUT2D eigenvalue weighted by atomic mass is 16.7. The Morgan fingerprint density at radius 1 is 0.588 bits per heavy atom. The molecule has 10 heteroatoms.